The molecular formula is C13H18BrN3O2S. The average Bonchev–Trinajstić information content (AvgIpc) is 2.44. The summed E-state index contributed by atoms with van der Waals surface area (Å²) in [7, 11) is 0. The van der Waals surface area contributed by atoms with Crippen molar-refractivity contribution in [3.8, 4) is 0 Å². The van der Waals surface area contributed by atoms with Crippen LogP contribution < -0.4 is 5.32 Å². The molecule has 0 unspecified atom stereocenters. The van der Waals surface area contributed by atoms with Crippen molar-refractivity contribution in [1.29, 1.82) is 0 Å². The minimum Gasteiger partial charge on any atom is -0.311 e. The minimum absolute atomic E-state index is 0.129. The molecule has 1 heterocycles. The van der Waals surface area contributed by atoms with Crippen LogP contribution in [0.1, 0.15) is 5.56 Å². The van der Waals surface area contributed by atoms with E-state index in [9.17, 15) is 10.1 Å². The van der Waals surface area contributed by atoms with Gasteiger partial charge in [0, 0.05) is 60.8 Å². The molecule has 1 fully saturated rings. The number of hydrogen-bond acceptors (Lipinski definition) is 5. The van der Waals surface area contributed by atoms with E-state index in [2.05, 4.69) is 26.1 Å². The standard InChI is InChI=1S/C13H18BrN3O2S/c14-12-7-11(8-13(9-12)17(18)19)10-15-1-2-16-3-5-20-6-4-16/h7-9,15H,1-6,10H2. The van der Waals surface area contributed by atoms with Crippen LogP contribution in [-0.4, -0.2) is 47.5 Å². The first kappa shape index (κ1) is 15.8. The highest BCUT2D eigenvalue weighted by Crippen LogP contribution is 2.21. The molecule has 0 saturated carbocycles. The van der Waals surface area contributed by atoms with Crippen molar-refractivity contribution in [3.63, 3.8) is 0 Å². The lowest BCUT2D eigenvalue weighted by Gasteiger charge is -2.26. The first-order chi connectivity index (χ1) is 9.65. The Morgan fingerprint density at radius 3 is 2.80 bits per heavy atom. The molecule has 2 rings (SSSR count). The van der Waals surface area contributed by atoms with E-state index in [-0.39, 0.29) is 10.6 Å². The van der Waals surface area contributed by atoms with E-state index in [0.717, 1.165) is 36.2 Å². The van der Waals surface area contributed by atoms with E-state index >= 15 is 0 Å². The monoisotopic (exact) mass is 359 g/mol. The number of halogens is 1. The number of benzene rings is 1. The largest absolute Gasteiger partial charge is 0.311 e. The van der Waals surface area contributed by atoms with E-state index in [1.165, 1.54) is 17.6 Å². The molecule has 0 atom stereocenters. The fraction of sp³-hybridized carbons (Fsp3) is 0.538. The Morgan fingerprint density at radius 2 is 2.10 bits per heavy atom. The van der Waals surface area contributed by atoms with Gasteiger partial charge in [-0.15, -0.1) is 0 Å². The fourth-order valence-corrected chi connectivity index (χ4v) is 3.64. The lowest BCUT2D eigenvalue weighted by Crippen LogP contribution is -2.37. The number of non-ortho nitro benzene ring substituents is 1. The maximum atomic E-state index is 10.8. The lowest BCUT2D eigenvalue weighted by atomic mass is 10.2. The molecule has 110 valence electrons. The SMILES string of the molecule is O=[N+]([O-])c1cc(Br)cc(CNCCN2CCSCC2)c1. The second kappa shape index (κ2) is 7.97. The minimum atomic E-state index is -0.361. The molecule has 0 radical (unpaired) electrons. The van der Waals surface area contributed by atoms with Crippen LogP contribution in [-0.2, 0) is 6.54 Å². The van der Waals surface area contributed by atoms with Crippen LogP contribution in [0, 0.1) is 10.1 Å². The van der Waals surface area contributed by atoms with Gasteiger partial charge >= 0.3 is 0 Å². The van der Waals surface area contributed by atoms with Crippen LogP contribution in [0.25, 0.3) is 0 Å². The van der Waals surface area contributed by atoms with Crippen molar-refractivity contribution < 1.29 is 4.92 Å². The van der Waals surface area contributed by atoms with Crippen molar-refractivity contribution in [2.45, 2.75) is 6.54 Å². The quantitative estimate of drug-likeness (QED) is 0.480. The van der Waals surface area contributed by atoms with Gasteiger partial charge in [-0.3, -0.25) is 10.1 Å². The Morgan fingerprint density at radius 1 is 1.35 bits per heavy atom. The van der Waals surface area contributed by atoms with Crippen molar-refractivity contribution in [2.75, 3.05) is 37.7 Å². The van der Waals surface area contributed by atoms with Gasteiger partial charge in [0.2, 0.25) is 0 Å². The second-order valence-electron chi connectivity index (χ2n) is 4.71. The molecule has 0 amide bonds. The highest BCUT2D eigenvalue weighted by Gasteiger charge is 2.10. The second-order valence-corrected chi connectivity index (χ2v) is 6.85. The number of nitrogens with zero attached hydrogens (tertiary/aromatic N) is 2. The van der Waals surface area contributed by atoms with E-state index in [1.54, 1.807) is 6.07 Å². The molecule has 0 aromatic heterocycles. The van der Waals surface area contributed by atoms with E-state index in [0.29, 0.717) is 6.54 Å². The molecule has 0 spiro atoms. The number of rotatable bonds is 6. The summed E-state index contributed by atoms with van der Waals surface area (Å²) in [5, 5.41) is 14.1. The fourth-order valence-electron chi connectivity index (χ4n) is 2.14. The topological polar surface area (TPSA) is 58.4 Å². The molecule has 20 heavy (non-hydrogen) atoms. The smallest absolute Gasteiger partial charge is 0.270 e. The molecule has 5 nitrogen and oxygen atoms in total. The molecule has 1 aliphatic heterocycles. The van der Waals surface area contributed by atoms with E-state index in [1.807, 2.05) is 17.8 Å². The molecule has 1 aliphatic rings. The summed E-state index contributed by atoms with van der Waals surface area (Å²) in [6, 6.07) is 5.06. The summed E-state index contributed by atoms with van der Waals surface area (Å²) in [6.45, 7) is 4.92. The molecule has 1 saturated heterocycles. The molecule has 7 heteroatoms. The van der Waals surface area contributed by atoms with Gasteiger partial charge in [-0.2, -0.15) is 11.8 Å². The Labute approximate surface area is 131 Å². The zero-order valence-corrected chi connectivity index (χ0v) is 13.6. The number of nitro benzene ring substituents is 1. The van der Waals surface area contributed by atoms with Crippen LogP contribution in [0.3, 0.4) is 0 Å². The van der Waals surface area contributed by atoms with Gasteiger partial charge in [0.1, 0.15) is 0 Å². The van der Waals surface area contributed by atoms with E-state index in [4.69, 9.17) is 0 Å². The van der Waals surface area contributed by atoms with Gasteiger partial charge in [0.15, 0.2) is 0 Å². The summed E-state index contributed by atoms with van der Waals surface area (Å²) in [4.78, 5) is 12.9. The summed E-state index contributed by atoms with van der Waals surface area (Å²) < 4.78 is 0.747. The summed E-state index contributed by atoms with van der Waals surface area (Å²) >= 11 is 5.32. The van der Waals surface area contributed by atoms with Crippen molar-refractivity contribution in [1.82, 2.24) is 10.2 Å². The van der Waals surface area contributed by atoms with Gasteiger partial charge < -0.3 is 10.2 Å². The number of nitrogens with one attached hydrogen (secondary N) is 1. The van der Waals surface area contributed by atoms with Gasteiger partial charge in [-0.25, -0.2) is 0 Å². The Kier molecular flexibility index (Phi) is 6.28. The van der Waals surface area contributed by atoms with Gasteiger partial charge in [0.05, 0.1) is 4.92 Å². The number of hydrogen-bond donors (Lipinski definition) is 1. The Bertz CT molecular complexity index is 467. The third-order valence-corrected chi connectivity index (χ3v) is 4.59. The lowest BCUT2D eigenvalue weighted by molar-refractivity contribution is -0.385. The first-order valence-electron chi connectivity index (χ1n) is 6.60. The van der Waals surface area contributed by atoms with Gasteiger partial charge in [-0.1, -0.05) is 15.9 Å². The molecule has 1 aromatic carbocycles. The predicted molar refractivity (Wildman–Crippen MR) is 86.3 cm³/mol. The summed E-state index contributed by atoms with van der Waals surface area (Å²) in [6.07, 6.45) is 0. The van der Waals surface area contributed by atoms with Crippen molar-refractivity contribution in [2.24, 2.45) is 0 Å². The number of thioether (sulfide) groups is 1. The van der Waals surface area contributed by atoms with Crippen LogP contribution in [0.4, 0.5) is 5.69 Å². The molecule has 0 aliphatic carbocycles. The van der Waals surface area contributed by atoms with Crippen molar-refractivity contribution >= 4 is 33.4 Å². The third-order valence-electron chi connectivity index (χ3n) is 3.19. The summed E-state index contributed by atoms with van der Waals surface area (Å²) in [5.41, 5.74) is 1.06. The van der Waals surface area contributed by atoms with Gasteiger partial charge in [-0.05, 0) is 11.6 Å². The maximum Gasteiger partial charge on any atom is 0.270 e. The highest BCUT2D eigenvalue weighted by molar-refractivity contribution is 9.10. The first-order valence-corrected chi connectivity index (χ1v) is 8.54. The van der Waals surface area contributed by atoms with Crippen LogP contribution in [0.15, 0.2) is 22.7 Å². The van der Waals surface area contributed by atoms with Crippen LogP contribution in [0.5, 0.6) is 0 Å². The maximum absolute atomic E-state index is 10.8. The van der Waals surface area contributed by atoms with Gasteiger partial charge in [0.25, 0.3) is 5.69 Å². The molecule has 0 bridgehead atoms. The molecule has 1 N–H and O–H groups in total. The van der Waals surface area contributed by atoms with E-state index < -0.39 is 0 Å². The Hall–Kier alpha value is -0.630. The number of nitro groups is 1. The zero-order chi connectivity index (χ0) is 14.4. The third kappa shape index (κ3) is 5.05. The zero-order valence-electron chi connectivity index (χ0n) is 11.2. The van der Waals surface area contributed by atoms with Crippen LogP contribution >= 0.6 is 27.7 Å². The average molecular weight is 360 g/mol. The normalized spacial score (nSPS) is 16.2. The van der Waals surface area contributed by atoms with Crippen molar-refractivity contribution in [3.05, 3.63) is 38.3 Å². The summed E-state index contributed by atoms with van der Waals surface area (Å²) in [5.74, 6) is 2.44. The molecular weight excluding hydrogens is 342 g/mol. The molecule has 1 aromatic rings. The Balaban J connectivity index is 1.77. The highest BCUT2D eigenvalue weighted by atomic mass is 79.9. The van der Waals surface area contributed by atoms with Crippen LogP contribution in [0.2, 0.25) is 0 Å². The predicted octanol–water partition coefficient (Wildman–Crippen LogP) is 2.50.